The molecule has 0 radical (unpaired) electrons. The SMILES string of the molecule is Cn1ccnc1Sc1ccc(NC(=O)c2cccc(S(=O)(=O)N3CCCCCC3)c2)cc1. The Morgan fingerprint density at radius 2 is 1.75 bits per heavy atom. The number of benzene rings is 2. The summed E-state index contributed by atoms with van der Waals surface area (Å²) in [6.45, 7) is 1.06. The van der Waals surface area contributed by atoms with Crippen LogP contribution in [0.2, 0.25) is 0 Å². The van der Waals surface area contributed by atoms with Crippen LogP contribution in [0.4, 0.5) is 5.69 Å². The largest absolute Gasteiger partial charge is 0.329 e. The molecule has 0 aliphatic carbocycles. The fraction of sp³-hybridized carbons (Fsp3) is 0.304. The van der Waals surface area contributed by atoms with Gasteiger partial charge in [-0.15, -0.1) is 0 Å². The van der Waals surface area contributed by atoms with Crippen molar-refractivity contribution in [1.29, 1.82) is 0 Å². The first-order valence-corrected chi connectivity index (χ1v) is 12.9. The van der Waals surface area contributed by atoms with Gasteiger partial charge in [0.25, 0.3) is 5.91 Å². The standard InChI is InChI=1S/C23H26N4O3S2/c1-26-16-13-24-23(26)31-20-11-9-19(10-12-20)25-22(28)18-7-6-8-21(17-18)32(29,30)27-14-4-2-3-5-15-27/h6-13,16-17H,2-5,14-15H2,1H3,(H,25,28). The Bertz CT molecular complexity index is 1180. The van der Waals surface area contributed by atoms with Crippen molar-refractivity contribution in [2.45, 2.75) is 40.6 Å². The van der Waals surface area contributed by atoms with Crippen LogP contribution in [0.5, 0.6) is 0 Å². The van der Waals surface area contributed by atoms with E-state index in [1.807, 2.05) is 42.1 Å². The molecule has 0 atom stereocenters. The van der Waals surface area contributed by atoms with Crippen LogP contribution in [-0.4, -0.2) is 41.3 Å². The molecule has 1 aliphatic rings. The Hall–Kier alpha value is -2.62. The van der Waals surface area contributed by atoms with E-state index >= 15 is 0 Å². The fourth-order valence-electron chi connectivity index (χ4n) is 3.59. The Balaban J connectivity index is 1.45. The quantitative estimate of drug-likeness (QED) is 0.578. The molecular formula is C23H26N4O3S2. The van der Waals surface area contributed by atoms with Gasteiger partial charge in [-0.25, -0.2) is 13.4 Å². The van der Waals surface area contributed by atoms with Gasteiger partial charge >= 0.3 is 0 Å². The molecule has 0 bridgehead atoms. The first kappa shape index (κ1) is 22.6. The molecule has 2 aromatic carbocycles. The van der Waals surface area contributed by atoms with Crippen LogP contribution in [-0.2, 0) is 17.1 Å². The first-order chi connectivity index (χ1) is 15.4. The van der Waals surface area contributed by atoms with Crippen molar-refractivity contribution in [3.63, 3.8) is 0 Å². The fourth-order valence-corrected chi connectivity index (χ4v) is 5.96. The predicted octanol–water partition coefficient (Wildman–Crippen LogP) is 4.39. The van der Waals surface area contributed by atoms with Crippen LogP contribution in [0.1, 0.15) is 36.0 Å². The number of aromatic nitrogens is 2. The van der Waals surface area contributed by atoms with Gasteiger partial charge < -0.3 is 9.88 Å². The minimum atomic E-state index is -3.61. The van der Waals surface area contributed by atoms with Gasteiger partial charge in [0, 0.05) is 48.7 Å². The van der Waals surface area contributed by atoms with Gasteiger partial charge in [0.05, 0.1) is 4.90 Å². The lowest BCUT2D eigenvalue weighted by Gasteiger charge is -2.20. The number of aryl methyl sites for hydroxylation is 1. The summed E-state index contributed by atoms with van der Waals surface area (Å²) in [6, 6.07) is 13.7. The zero-order valence-corrected chi connectivity index (χ0v) is 19.5. The average Bonchev–Trinajstić information content (AvgIpc) is 3.03. The molecule has 1 aliphatic heterocycles. The van der Waals surface area contributed by atoms with Crippen LogP contribution in [0.25, 0.3) is 0 Å². The summed E-state index contributed by atoms with van der Waals surface area (Å²) in [6.07, 6.45) is 7.47. The molecule has 1 fully saturated rings. The normalized spacial score (nSPS) is 15.3. The van der Waals surface area contributed by atoms with E-state index < -0.39 is 10.0 Å². The summed E-state index contributed by atoms with van der Waals surface area (Å²) in [5.74, 6) is -0.345. The lowest BCUT2D eigenvalue weighted by atomic mass is 10.2. The average molecular weight is 471 g/mol. The number of anilines is 1. The van der Waals surface area contributed by atoms with E-state index in [2.05, 4.69) is 10.3 Å². The molecule has 168 valence electrons. The zero-order chi connectivity index (χ0) is 22.6. The Labute approximate surface area is 192 Å². The summed E-state index contributed by atoms with van der Waals surface area (Å²) >= 11 is 1.53. The molecule has 0 saturated carbocycles. The number of imidazole rings is 1. The molecule has 2 heterocycles. The second kappa shape index (κ2) is 9.89. The first-order valence-electron chi connectivity index (χ1n) is 10.6. The van der Waals surface area contributed by atoms with Crippen molar-refractivity contribution in [3.8, 4) is 0 Å². The molecule has 1 saturated heterocycles. The van der Waals surface area contributed by atoms with Gasteiger partial charge in [0.2, 0.25) is 10.0 Å². The molecule has 7 nitrogen and oxygen atoms in total. The van der Waals surface area contributed by atoms with Gasteiger partial charge in [0.1, 0.15) is 0 Å². The molecule has 4 rings (SSSR count). The molecule has 1 amide bonds. The molecule has 9 heteroatoms. The highest BCUT2D eigenvalue weighted by Gasteiger charge is 2.25. The van der Waals surface area contributed by atoms with E-state index in [-0.39, 0.29) is 10.8 Å². The van der Waals surface area contributed by atoms with Gasteiger partial charge in [-0.1, -0.05) is 30.7 Å². The number of hydrogen-bond donors (Lipinski definition) is 1. The van der Waals surface area contributed by atoms with Gasteiger partial charge in [-0.3, -0.25) is 4.79 Å². The van der Waals surface area contributed by atoms with E-state index in [9.17, 15) is 13.2 Å². The van der Waals surface area contributed by atoms with Crippen molar-refractivity contribution < 1.29 is 13.2 Å². The van der Waals surface area contributed by atoms with Crippen LogP contribution in [0.3, 0.4) is 0 Å². The van der Waals surface area contributed by atoms with Gasteiger partial charge in [0.15, 0.2) is 5.16 Å². The third-order valence-corrected chi connectivity index (χ3v) is 8.38. The van der Waals surface area contributed by atoms with Crippen molar-refractivity contribution in [3.05, 3.63) is 66.5 Å². The Morgan fingerprint density at radius 1 is 1.03 bits per heavy atom. The second-order valence-electron chi connectivity index (χ2n) is 7.75. The summed E-state index contributed by atoms with van der Waals surface area (Å²) in [5.41, 5.74) is 0.951. The lowest BCUT2D eigenvalue weighted by molar-refractivity contribution is 0.102. The lowest BCUT2D eigenvalue weighted by Crippen LogP contribution is -2.32. The molecule has 0 unspecified atom stereocenters. The number of hydrogen-bond acceptors (Lipinski definition) is 5. The smallest absolute Gasteiger partial charge is 0.255 e. The molecule has 0 spiro atoms. The number of nitrogens with one attached hydrogen (secondary N) is 1. The third kappa shape index (κ3) is 5.23. The second-order valence-corrected chi connectivity index (χ2v) is 10.7. The third-order valence-electron chi connectivity index (χ3n) is 5.40. The number of amides is 1. The van der Waals surface area contributed by atoms with E-state index in [4.69, 9.17) is 0 Å². The minimum Gasteiger partial charge on any atom is -0.329 e. The highest BCUT2D eigenvalue weighted by molar-refractivity contribution is 7.99. The summed E-state index contributed by atoms with van der Waals surface area (Å²) in [7, 11) is -1.67. The van der Waals surface area contributed by atoms with Crippen LogP contribution >= 0.6 is 11.8 Å². The number of carbonyl (C=O) groups excluding carboxylic acids is 1. The summed E-state index contributed by atoms with van der Waals surface area (Å²) in [4.78, 5) is 18.2. The maximum Gasteiger partial charge on any atom is 0.255 e. The van der Waals surface area contributed by atoms with Gasteiger partial charge in [-0.2, -0.15) is 4.31 Å². The zero-order valence-electron chi connectivity index (χ0n) is 17.9. The minimum absolute atomic E-state index is 0.161. The van der Waals surface area contributed by atoms with Crippen LogP contribution < -0.4 is 5.32 Å². The number of sulfonamides is 1. The topological polar surface area (TPSA) is 84.3 Å². The van der Waals surface area contributed by atoms with E-state index in [0.29, 0.717) is 24.3 Å². The maximum absolute atomic E-state index is 13.1. The van der Waals surface area contributed by atoms with Crippen molar-refractivity contribution in [2.24, 2.45) is 7.05 Å². The number of rotatable bonds is 6. The summed E-state index contributed by atoms with van der Waals surface area (Å²) in [5, 5.41) is 3.73. The Morgan fingerprint density at radius 3 is 2.41 bits per heavy atom. The highest BCUT2D eigenvalue weighted by Crippen LogP contribution is 2.27. The van der Waals surface area contributed by atoms with E-state index in [1.165, 1.54) is 22.1 Å². The Kier molecular flexibility index (Phi) is 6.98. The molecule has 32 heavy (non-hydrogen) atoms. The summed E-state index contributed by atoms with van der Waals surface area (Å²) < 4.78 is 29.6. The molecule has 1 aromatic heterocycles. The maximum atomic E-state index is 13.1. The van der Waals surface area contributed by atoms with Gasteiger partial charge in [-0.05, 0) is 55.3 Å². The van der Waals surface area contributed by atoms with Crippen LogP contribution in [0, 0.1) is 0 Å². The molecular weight excluding hydrogens is 444 g/mol. The molecule has 3 aromatic rings. The molecule has 1 N–H and O–H groups in total. The number of carbonyl (C=O) groups is 1. The highest BCUT2D eigenvalue weighted by atomic mass is 32.2. The van der Waals surface area contributed by atoms with Crippen molar-refractivity contribution in [1.82, 2.24) is 13.9 Å². The van der Waals surface area contributed by atoms with Crippen molar-refractivity contribution in [2.75, 3.05) is 18.4 Å². The monoisotopic (exact) mass is 470 g/mol. The van der Waals surface area contributed by atoms with E-state index in [1.54, 1.807) is 24.4 Å². The van der Waals surface area contributed by atoms with E-state index in [0.717, 1.165) is 35.7 Å². The van der Waals surface area contributed by atoms with Crippen LogP contribution in [0.15, 0.2) is 75.9 Å². The predicted molar refractivity (Wildman–Crippen MR) is 125 cm³/mol. The number of nitrogens with zero attached hydrogens (tertiary/aromatic N) is 3. The van der Waals surface area contributed by atoms with Crippen molar-refractivity contribution >= 4 is 33.4 Å².